The largest absolute Gasteiger partial charge is 0.360 e. The number of rotatable bonds is 5. The summed E-state index contributed by atoms with van der Waals surface area (Å²) < 4.78 is 0. The number of carbonyl (C=O) groups excluding carboxylic acids is 2. The number of nitrogens with zero attached hydrogens (tertiary/aromatic N) is 1. The monoisotopic (exact) mass is 390 g/mol. The molecule has 1 aliphatic rings. The second kappa shape index (κ2) is 6.82. The van der Waals surface area contributed by atoms with E-state index in [1.54, 1.807) is 30.5 Å². The smallest absolute Gasteiger partial charge is 0.186 e. The summed E-state index contributed by atoms with van der Waals surface area (Å²) in [4.78, 5) is 30.3. The molecule has 3 aromatic carbocycles. The zero-order valence-corrected chi connectivity index (χ0v) is 16.1. The molecule has 1 N–H and O–H groups in total. The molecule has 0 bridgehead atoms. The van der Waals surface area contributed by atoms with Crippen LogP contribution in [0.3, 0.4) is 0 Å². The van der Waals surface area contributed by atoms with Gasteiger partial charge in [-0.1, -0.05) is 78.9 Å². The van der Waals surface area contributed by atoms with Crippen LogP contribution in [0.2, 0.25) is 0 Å². The van der Waals surface area contributed by atoms with Crippen LogP contribution in [-0.2, 0) is 0 Å². The van der Waals surface area contributed by atoms with Crippen LogP contribution in [0.4, 0.5) is 0 Å². The van der Waals surface area contributed by atoms with Crippen molar-refractivity contribution in [2.75, 3.05) is 0 Å². The van der Waals surface area contributed by atoms with E-state index in [1.807, 2.05) is 60.7 Å². The Labute approximate surface area is 173 Å². The van der Waals surface area contributed by atoms with E-state index in [2.05, 4.69) is 11.1 Å². The van der Waals surface area contributed by atoms with Crippen LogP contribution in [0.5, 0.6) is 0 Å². The number of fused-ring (bicyclic) bond motifs is 1. The molecule has 30 heavy (non-hydrogen) atoms. The van der Waals surface area contributed by atoms with E-state index in [9.17, 15) is 14.9 Å². The van der Waals surface area contributed by atoms with Crippen LogP contribution in [0.25, 0.3) is 10.9 Å². The van der Waals surface area contributed by atoms with Crippen LogP contribution in [0.15, 0.2) is 91.1 Å². The lowest BCUT2D eigenvalue weighted by atomic mass is 9.89. The van der Waals surface area contributed by atoms with Crippen LogP contribution in [0, 0.1) is 22.7 Å². The number of carbonyl (C=O) groups is 2. The molecule has 4 nitrogen and oxygen atoms in total. The standard InChI is InChI=1S/C26H18N2O2/c27-16-26(25(30)20-15-28-21-14-8-7-13-19(20)21)22(17-9-3-1-4-10-17)23(26)24(29)18-11-5-2-6-12-18/h1-15,22-23,28H/t22-,23+,26-/m1/s1. The summed E-state index contributed by atoms with van der Waals surface area (Å²) >= 11 is 0. The van der Waals surface area contributed by atoms with Gasteiger partial charge in [0.1, 0.15) is 5.41 Å². The number of nitrogens with one attached hydrogen (secondary N) is 1. The Bertz CT molecular complexity index is 1300. The summed E-state index contributed by atoms with van der Waals surface area (Å²) in [5, 5.41) is 11.0. The fourth-order valence-corrected chi connectivity index (χ4v) is 4.60. The quantitative estimate of drug-likeness (QED) is 0.479. The zero-order chi connectivity index (χ0) is 20.7. The van der Waals surface area contributed by atoms with Crippen molar-refractivity contribution in [3.05, 3.63) is 108 Å². The van der Waals surface area contributed by atoms with Gasteiger partial charge in [0.15, 0.2) is 11.6 Å². The number of aromatic nitrogens is 1. The number of nitriles is 1. The number of H-pyrrole nitrogens is 1. The maximum atomic E-state index is 13.8. The molecule has 1 heterocycles. The molecule has 5 rings (SSSR count). The van der Waals surface area contributed by atoms with Gasteiger partial charge >= 0.3 is 0 Å². The highest BCUT2D eigenvalue weighted by atomic mass is 16.1. The SMILES string of the molecule is N#C[C@]1(C(=O)c2c[nH]c3ccccc23)[C@H](C(=O)c2ccccc2)[C@H]1c1ccccc1. The molecular weight excluding hydrogens is 372 g/mol. The highest BCUT2D eigenvalue weighted by Gasteiger charge is 2.73. The average molecular weight is 390 g/mol. The van der Waals surface area contributed by atoms with Gasteiger partial charge in [0.2, 0.25) is 0 Å². The summed E-state index contributed by atoms with van der Waals surface area (Å²) in [5.74, 6) is -1.66. The predicted octanol–water partition coefficient (Wildman–Crippen LogP) is 5.16. The summed E-state index contributed by atoms with van der Waals surface area (Å²) in [6, 6.07) is 28.1. The zero-order valence-electron chi connectivity index (χ0n) is 16.1. The van der Waals surface area contributed by atoms with E-state index in [4.69, 9.17) is 0 Å². The summed E-state index contributed by atoms with van der Waals surface area (Å²) in [6.45, 7) is 0. The molecule has 0 saturated heterocycles. The minimum atomic E-state index is -1.42. The fraction of sp³-hybridized carbons (Fsp3) is 0.115. The lowest BCUT2D eigenvalue weighted by molar-refractivity contribution is 0.0875. The lowest BCUT2D eigenvalue weighted by Crippen LogP contribution is -2.20. The Balaban J connectivity index is 1.64. The first-order chi connectivity index (χ1) is 14.7. The van der Waals surface area contributed by atoms with E-state index in [0.29, 0.717) is 11.1 Å². The molecule has 1 aliphatic carbocycles. The second-order valence-corrected chi connectivity index (χ2v) is 7.65. The minimum Gasteiger partial charge on any atom is -0.360 e. The van der Waals surface area contributed by atoms with E-state index >= 15 is 0 Å². The van der Waals surface area contributed by atoms with Crippen molar-refractivity contribution < 1.29 is 9.59 Å². The molecule has 4 heteroatoms. The number of hydrogen-bond donors (Lipinski definition) is 1. The number of aromatic amines is 1. The third kappa shape index (κ3) is 2.53. The third-order valence-corrected chi connectivity index (χ3v) is 6.10. The first-order valence-corrected chi connectivity index (χ1v) is 9.85. The van der Waals surface area contributed by atoms with Crippen molar-refractivity contribution in [3.8, 4) is 6.07 Å². The third-order valence-electron chi connectivity index (χ3n) is 6.10. The van der Waals surface area contributed by atoms with Crippen molar-refractivity contribution in [1.29, 1.82) is 5.26 Å². The summed E-state index contributed by atoms with van der Waals surface area (Å²) in [6.07, 6.45) is 1.65. The van der Waals surface area contributed by atoms with Gasteiger partial charge in [-0.3, -0.25) is 9.59 Å². The number of Topliss-reactive ketones (excluding diaryl/α,β-unsaturated/α-hetero) is 2. The van der Waals surface area contributed by atoms with Crippen molar-refractivity contribution in [2.45, 2.75) is 5.92 Å². The molecule has 144 valence electrons. The Morgan fingerprint density at radius 3 is 2.20 bits per heavy atom. The van der Waals surface area contributed by atoms with Gasteiger partial charge in [0.25, 0.3) is 0 Å². The first-order valence-electron chi connectivity index (χ1n) is 9.85. The molecule has 0 spiro atoms. The van der Waals surface area contributed by atoms with Gasteiger partial charge in [0.05, 0.1) is 12.0 Å². The Kier molecular flexibility index (Phi) is 4.11. The van der Waals surface area contributed by atoms with E-state index < -0.39 is 17.3 Å². The number of hydrogen-bond acceptors (Lipinski definition) is 3. The average Bonchev–Trinajstić information content (AvgIpc) is 3.32. The van der Waals surface area contributed by atoms with Gasteiger partial charge in [-0.05, 0) is 11.6 Å². The Morgan fingerprint density at radius 2 is 1.50 bits per heavy atom. The van der Waals surface area contributed by atoms with Crippen LogP contribution in [-0.4, -0.2) is 16.6 Å². The topological polar surface area (TPSA) is 73.7 Å². The van der Waals surface area contributed by atoms with Crippen LogP contribution < -0.4 is 0 Å². The Hall–Kier alpha value is -3.97. The van der Waals surface area contributed by atoms with Gasteiger partial charge < -0.3 is 4.98 Å². The molecule has 1 aromatic heterocycles. The molecular formula is C26H18N2O2. The van der Waals surface area contributed by atoms with Gasteiger partial charge in [-0.25, -0.2) is 0 Å². The van der Waals surface area contributed by atoms with Crippen molar-refractivity contribution in [3.63, 3.8) is 0 Å². The molecule has 3 atom stereocenters. The normalized spacial score (nSPS) is 22.4. The Morgan fingerprint density at radius 1 is 0.867 bits per heavy atom. The number of benzene rings is 3. The molecule has 0 amide bonds. The van der Waals surface area contributed by atoms with Gasteiger partial charge in [-0.15, -0.1) is 0 Å². The van der Waals surface area contributed by atoms with E-state index in [0.717, 1.165) is 16.5 Å². The molecule has 0 unspecified atom stereocenters. The van der Waals surface area contributed by atoms with E-state index in [1.165, 1.54) is 0 Å². The highest BCUT2D eigenvalue weighted by Crippen LogP contribution is 2.67. The lowest BCUT2D eigenvalue weighted by Gasteiger charge is -2.08. The molecule has 1 saturated carbocycles. The molecule has 0 aliphatic heterocycles. The predicted molar refractivity (Wildman–Crippen MR) is 114 cm³/mol. The maximum absolute atomic E-state index is 13.8. The van der Waals surface area contributed by atoms with Crippen LogP contribution >= 0.6 is 0 Å². The molecule has 0 radical (unpaired) electrons. The number of para-hydroxylation sites is 1. The molecule has 1 fully saturated rings. The fourth-order valence-electron chi connectivity index (χ4n) is 4.60. The second-order valence-electron chi connectivity index (χ2n) is 7.65. The summed E-state index contributed by atoms with van der Waals surface area (Å²) in [5.41, 5.74) is 1.22. The van der Waals surface area contributed by atoms with E-state index in [-0.39, 0.29) is 11.6 Å². The number of ketones is 2. The van der Waals surface area contributed by atoms with Crippen molar-refractivity contribution in [1.82, 2.24) is 4.98 Å². The van der Waals surface area contributed by atoms with Crippen LogP contribution in [0.1, 0.15) is 32.2 Å². The van der Waals surface area contributed by atoms with Crippen molar-refractivity contribution >= 4 is 22.5 Å². The van der Waals surface area contributed by atoms with Crippen molar-refractivity contribution in [2.24, 2.45) is 11.3 Å². The van der Waals surface area contributed by atoms with Gasteiger partial charge in [0, 0.05) is 34.1 Å². The molecule has 4 aromatic rings. The summed E-state index contributed by atoms with van der Waals surface area (Å²) in [7, 11) is 0. The maximum Gasteiger partial charge on any atom is 0.186 e. The minimum absolute atomic E-state index is 0.167. The highest BCUT2D eigenvalue weighted by molar-refractivity contribution is 6.18. The first kappa shape index (κ1) is 18.1. The van der Waals surface area contributed by atoms with Gasteiger partial charge in [-0.2, -0.15) is 5.26 Å².